The highest BCUT2D eigenvalue weighted by Crippen LogP contribution is 2.37. The van der Waals surface area contributed by atoms with Gasteiger partial charge in [-0.05, 0) is 60.7 Å². The van der Waals surface area contributed by atoms with Gasteiger partial charge in [-0.1, -0.05) is 6.07 Å². The number of ether oxygens (including phenoxy) is 1. The predicted octanol–water partition coefficient (Wildman–Crippen LogP) is 4.12. The molecule has 0 bridgehead atoms. The van der Waals surface area contributed by atoms with Crippen LogP contribution in [0.15, 0.2) is 22.7 Å². The number of hydrogen-bond acceptors (Lipinski definition) is 2. The molecule has 18 heavy (non-hydrogen) atoms. The Kier molecular flexibility index (Phi) is 4.17. The summed E-state index contributed by atoms with van der Waals surface area (Å²) >= 11 is 3.11. The monoisotopic (exact) mass is 314 g/mol. The van der Waals surface area contributed by atoms with Gasteiger partial charge >= 0.3 is 0 Å². The molecule has 0 aromatic heterocycles. The highest BCUT2D eigenvalue weighted by atomic mass is 79.9. The minimum absolute atomic E-state index is 0.125. The maximum atomic E-state index is 14.0. The summed E-state index contributed by atoms with van der Waals surface area (Å²) in [7, 11) is 0. The lowest BCUT2D eigenvalue weighted by molar-refractivity contribution is -0.0166. The Morgan fingerprint density at radius 1 is 1.44 bits per heavy atom. The predicted molar refractivity (Wildman–Crippen MR) is 71.3 cm³/mol. The first-order valence-electron chi connectivity index (χ1n) is 6.23. The largest absolute Gasteiger partial charge is 0.367 e. The third kappa shape index (κ3) is 2.36. The van der Waals surface area contributed by atoms with Crippen LogP contribution in [0.2, 0.25) is 0 Å². The zero-order chi connectivity index (χ0) is 13.2. The number of benzene rings is 1. The third-order valence-corrected chi connectivity index (χ3v) is 4.05. The quantitative estimate of drug-likeness (QED) is 0.781. The molecular weight excluding hydrogens is 299 g/mol. The molecule has 1 aromatic rings. The smallest absolute Gasteiger partial charge is 0.197 e. The Morgan fingerprint density at radius 2 is 2.11 bits per heavy atom. The van der Waals surface area contributed by atoms with Crippen LogP contribution in [0.4, 0.5) is 4.39 Å². The van der Waals surface area contributed by atoms with Crippen molar-refractivity contribution in [3.05, 3.63) is 34.1 Å². The first kappa shape index (κ1) is 13.7. The number of Topliss-reactive ketones (excluding diaryl/α,β-unsaturated/α-hetero) is 1. The van der Waals surface area contributed by atoms with Crippen LogP contribution in [-0.4, -0.2) is 18.0 Å². The lowest BCUT2D eigenvalue weighted by Gasteiger charge is -2.27. The topological polar surface area (TPSA) is 26.3 Å². The Morgan fingerprint density at radius 3 is 2.72 bits per heavy atom. The van der Waals surface area contributed by atoms with E-state index in [9.17, 15) is 9.18 Å². The van der Waals surface area contributed by atoms with Crippen molar-refractivity contribution in [3.8, 4) is 0 Å². The molecule has 1 fully saturated rings. The van der Waals surface area contributed by atoms with E-state index in [1.54, 1.807) is 12.1 Å². The molecule has 0 N–H and O–H groups in total. The summed E-state index contributed by atoms with van der Waals surface area (Å²) < 4.78 is 20.0. The molecule has 2 nitrogen and oxygen atoms in total. The summed E-state index contributed by atoms with van der Waals surface area (Å²) in [5.41, 5.74) is -0.684. The van der Waals surface area contributed by atoms with Crippen molar-refractivity contribution in [2.75, 3.05) is 6.61 Å². The average Bonchev–Trinajstić information content (AvgIpc) is 2.82. The standard InChI is InChI=1S/C14H16BrFO2/c1-2-18-14(8-3-4-9-14)13(17)10-6-5-7-11(15)12(10)16/h5-7H,2-4,8-9H2,1H3. The fraction of sp³-hybridized carbons (Fsp3) is 0.500. The van der Waals surface area contributed by atoms with E-state index in [1.165, 1.54) is 6.07 Å². The van der Waals surface area contributed by atoms with Gasteiger partial charge in [-0.15, -0.1) is 0 Å². The van der Waals surface area contributed by atoms with E-state index in [4.69, 9.17) is 4.74 Å². The molecule has 4 heteroatoms. The number of rotatable bonds is 4. The van der Waals surface area contributed by atoms with E-state index >= 15 is 0 Å². The second-order valence-corrected chi connectivity index (χ2v) is 5.42. The van der Waals surface area contributed by atoms with Crippen LogP contribution in [-0.2, 0) is 4.74 Å². The first-order chi connectivity index (χ1) is 8.60. The Bertz CT molecular complexity index is 453. The van der Waals surface area contributed by atoms with Crippen molar-refractivity contribution in [1.29, 1.82) is 0 Å². The molecule has 1 aliphatic carbocycles. The van der Waals surface area contributed by atoms with Crippen LogP contribution in [0.5, 0.6) is 0 Å². The molecule has 0 aliphatic heterocycles. The molecule has 98 valence electrons. The fourth-order valence-corrected chi connectivity index (χ4v) is 2.95. The van der Waals surface area contributed by atoms with Gasteiger partial charge in [0.1, 0.15) is 11.4 Å². The molecule has 0 radical (unpaired) electrons. The number of halogens is 2. The lowest BCUT2D eigenvalue weighted by Crippen LogP contribution is -2.39. The van der Waals surface area contributed by atoms with Crippen LogP contribution >= 0.6 is 15.9 Å². The van der Waals surface area contributed by atoms with Gasteiger partial charge in [0.2, 0.25) is 0 Å². The molecular formula is C14H16BrFO2. The number of ketones is 1. The van der Waals surface area contributed by atoms with Crippen LogP contribution in [0.25, 0.3) is 0 Å². The molecule has 2 rings (SSSR count). The van der Waals surface area contributed by atoms with E-state index in [1.807, 2.05) is 6.92 Å². The maximum Gasteiger partial charge on any atom is 0.197 e. The van der Waals surface area contributed by atoms with Gasteiger partial charge in [-0.2, -0.15) is 0 Å². The summed E-state index contributed by atoms with van der Waals surface area (Å²) in [6, 6.07) is 4.80. The normalized spacial score (nSPS) is 17.9. The van der Waals surface area contributed by atoms with Crippen LogP contribution in [0.3, 0.4) is 0 Å². The van der Waals surface area contributed by atoms with E-state index in [0.717, 1.165) is 12.8 Å². The summed E-state index contributed by atoms with van der Waals surface area (Å²) in [4.78, 5) is 12.5. The first-order valence-corrected chi connectivity index (χ1v) is 7.03. The lowest BCUT2D eigenvalue weighted by atomic mass is 9.90. The molecule has 1 saturated carbocycles. The highest BCUT2D eigenvalue weighted by molar-refractivity contribution is 9.10. The zero-order valence-corrected chi connectivity index (χ0v) is 11.9. The summed E-state index contributed by atoms with van der Waals surface area (Å²) in [6.07, 6.45) is 3.29. The van der Waals surface area contributed by atoms with E-state index in [-0.39, 0.29) is 11.3 Å². The maximum absolute atomic E-state index is 14.0. The minimum atomic E-state index is -0.809. The Labute approximate surface area is 115 Å². The fourth-order valence-electron chi connectivity index (χ4n) is 2.58. The third-order valence-electron chi connectivity index (χ3n) is 3.44. The molecule has 0 unspecified atom stereocenters. The van der Waals surface area contributed by atoms with Gasteiger partial charge in [-0.3, -0.25) is 4.79 Å². The van der Waals surface area contributed by atoms with Crippen molar-refractivity contribution in [1.82, 2.24) is 0 Å². The Balaban J connectivity index is 2.37. The van der Waals surface area contributed by atoms with Crippen molar-refractivity contribution in [2.45, 2.75) is 38.2 Å². The van der Waals surface area contributed by atoms with Crippen molar-refractivity contribution < 1.29 is 13.9 Å². The van der Waals surface area contributed by atoms with Gasteiger partial charge in [0.15, 0.2) is 5.78 Å². The summed E-state index contributed by atoms with van der Waals surface area (Å²) in [5.74, 6) is -0.714. The molecule has 1 aromatic carbocycles. The SMILES string of the molecule is CCOC1(C(=O)c2cccc(Br)c2F)CCCC1. The van der Waals surface area contributed by atoms with Gasteiger partial charge < -0.3 is 4.74 Å². The second-order valence-electron chi connectivity index (χ2n) is 4.56. The van der Waals surface area contributed by atoms with E-state index in [2.05, 4.69) is 15.9 Å². The number of hydrogen-bond donors (Lipinski definition) is 0. The van der Waals surface area contributed by atoms with Crippen LogP contribution in [0.1, 0.15) is 43.0 Å². The van der Waals surface area contributed by atoms with Crippen molar-refractivity contribution in [3.63, 3.8) is 0 Å². The number of carbonyl (C=O) groups excluding carboxylic acids is 1. The summed E-state index contributed by atoms with van der Waals surface area (Å²) in [5, 5.41) is 0. The molecule has 1 aliphatic rings. The second kappa shape index (κ2) is 5.49. The van der Waals surface area contributed by atoms with Crippen LogP contribution in [0, 0.1) is 5.82 Å². The highest BCUT2D eigenvalue weighted by Gasteiger charge is 2.43. The summed E-state index contributed by atoms with van der Waals surface area (Å²) in [6.45, 7) is 2.34. The van der Waals surface area contributed by atoms with Crippen LogP contribution < -0.4 is 0 Å². The average molecular weight is 315 g/mol. The molecule has 0 atom stereocenters. The molecule has 0 heterocycles. The molecule has 0 amide bonds. The minimum Gasteiger partial charge on any atom is -0.367 e. The number of carbonyl (C=O) groups is 1. The van der Waals surface area contributed by atoms with Crippen molar-refractivity contribution in [2.24, 2.45) is 0 Å². The van der Waals surface area contributed by atoms with E-state index < -0.39 is 11.4 Å². The van der Waals surface area contributed by atoms with E-state index in [0.29, 0.717) is 23.9 Å². The molecule has 0 spiro atoms. The van der Waals surface area contributed by atoms with Gasteiger partial charge in [0.25, 0.3) is 0 Å². The Hall–Kier alpha value is -0.740. The van der Waals surface area contributed by atoms with Gasteiger partial charge in [-0.25, -0.2) is 4.39 Å². The van der Waals surface area contributed by atoms with Crippen molar-refractivity contribution >= 4 is 21.7 Å². The van der Waals surface area contributed by atoms with Gasteiger partial charge in [0, 0.05) is 6.61 Å². The molecule has 0 saturated heterocycles. The van der Waals surface area contributed by atoms with Gasteiger partial charge in [0.05, 0.1) is 10.0 Å². The zero-order valence-electron chi connectivity index (χ0n) is 10.3.